The fourth-order valence-electron chi connectivity index (χ4n) is 2.20. The molecule has 0 saturated heterocycles. The number of benzene rings is 2. The van der Waals surface area contributed by atoms with Crippen LogP contribution in [0.2, 0.25) is 0 Å². The van der Waals surface area contributed by atoms with E-state index in [0.29, 0.717) is 11.1 Å². The third-order valence-electron chi connectivity index (χ3n) is 3.25. The van der Waals surface area contributed by atoms with Crippen molar-refractivity contribution in [3.63, 3.8) is 0 Å². The van der Waals surface area contributed by atoms with Gasteiger partial charge in [0.15, 0.2) is 0 Å². The van der Waals surface area contributed by atoms with Crippen LogP contribution >= 0.6 is 0 Å². The van der Waals surface area contributed by atoms with Crippen molar-refractivity contribution in [3.05, 3.63) is 59.8 Å². The number of phenols is 1. The van der Waals surface area contributed by atoms with Crippen molar-refractivity contribution >= 4 is 10.9 Å². The Morgan fingerprint density at radius 1 is 1.05 bits per heavy atom. The minimum absolute atomic E-state index is 0.0788. The molecule has 0 unspecified atom stereocenters. The summed E-state index contributed by atoms with van der Waals surface area (Å²) in [4.78, 5) is 3.04. The molecule has 2 aromatic carbocycles. The van der Waals surface area contributed by atoms with Crippen molar-refractivity contribution in [2.75, 3.05) is 0 Å². The van der Waals surface area contributed by atoms with Gasteiger partial charge in [-0.15, -0.1) is 0 Å². The van der Waals surface area contributed by atoms with Crippen LogP contribution in [0.25, 0.3) is 10.9 Å². The molecule has 0 amide bonds. The van der Waals surface area contributed by atoms with Crippen molar-refractivity contribution in [3.8, 4) is 11.5 Å². The van der Waals surface area contributed by atoms with Crippen LogP contribution in [0.5, 0.6) is 11.5 Å². The average molecular weight is 307 g/mol. The van der Waals surface area contributed by atoms with Crippen molar-refractivity contribution in [2.45, 2.75) is 12.8 Å². The summed E-state index contributed by atoms with van der Waals surface area (Å²) in [5, 5.41) is 10.4. The lowest BCUT2D eigenvalue weighted by atomic mass is 10.2. The first-order valence-corrected chi connectivity index (χ1v) is 6.53. The second-order valence-corrected chi connectivity index (χ2v) is 4.85. The number of rotatable bonds is 3. The van der Waals surface area contributed by atoms with Gasteiger partial charge in [0, 0.05) is 10.9 Å². The Hall–Kier alpha value is -2.63. The van der Waals surface area contributed by atoms with E-state index in [1.54, 1.807) is 24.3 Å². The molecular weight excluding hydrogens is 295 g/mol. The lowest BCUT2D eigenvalue weighted by Gasteiger charge is -2.09. The zero-order valence-electron chi connectivity index (χ0n) is 11.3. The van der Waals surface area contributed by atoms with E-state index in [0.717, 1.165) is 17.6 Å². The van der Waals surface area contributed by atoms with Crippen LogP contribution < -0.4 is 4.74 Å². The van der Waals surface area contributed by atoms with Gasteiger partial charge in [-0.3, -0.25) is 0 Å². The van der Waals surface area contributed by atoms with Crippen molar-refractivity contribution in [2.24, 2.45) is 0 Å². The van der Waals surface area contributed by atoms with E-state index in [4.69, 9.17) is 4.74 Å². The highest BCUT2D eigenvalue weighted by Gasteiger charge is 2.30. The van der Waals surface area contributed by atoms with E-state index in [2.05, 4.69) is 4.98 Å². The van der Waals surface area contributed by atoms with E-state index < -0.39 is 11.7 Å². The summed E-state index contributed by atoms with van der Waals surface area (Å²) in [5.41, 5.74) is 0.649. The third kappa shape index (κ3) is 2.86. The molecule has 22 heavy (non-hydrogen) atoms. The van der Waals surface area contributed by atoms with Gasteiger partial charge in [0.1, 0.15) is 18.1 Å². The van der Waals surface area contributed by atoms with E-state index in [9.17, 15) is 18.3 Å². The molecule has 1 heterocycles. The SMILES string of the molecule is Oc1cccc2[nH]c(COc3cccc(C(F)(F)F)c3)cc12. The topological polar surface area (TPSA) is 45.2 Å². The Morgan fingerprint density at radius 3 is 2.55 bits per heavy atom. The largest absolute Gasteiger partial charge is 0.507 e. The molecule has 0 spiro atoms. The van der Waals surface area contributed by atoms with Gasteiger partial charge < -0.3 is 14.8 Å². The number of aromatic nitrogens is 1. The summed E-state index contributed by atoms with van der Waals surface area (Å²) in [6, 6.07) is 11.5. The highest BCUT2D eigenvalue weighted by atomic mass is 19.4. The van der Waals surface area contributed by atoms with Gasteiger partial charge in [-0.05, 0) is 36.4 Å². The molecule has 0 bridgehead atoms. The number of ether oxygens (including phenoxy) is 1. The highest BCUT2D eigenvalue weighted by Crippen LogP contribution is 2.31. The normalized spacial score (nSPS) is 11.8. The molecular formula is C16H12F3NO2. The maximum atomic E-state index is 12.6. The Balaban J connectivity index is 1.78. The number of hydrogen-bond acceptors (Lipinski definition) is 2. The lowest BCUT2D eigenvalue weighted by molar-refractivity contribution is -0.137. The zero-order chi connectivity index (χ0) is 15.7. The summed E-state index contributed by atoms with van der Waals surface area (Å²) in [6.07, 6.45) is -4.40. The van der Waals surface area contributed by atoms with E-state index in [1.807, 2.05) is 0 Å². The molecule has 3 rings (SSSR count). The smallest absolute Gasteiger partial charge is 0.416 e. The van der Waals surface area contributed by atoms with Crippen LogP contribution in [0.4, 0.5) is 13.2 Å². The van der Waals surface area contributed by atoms with Gasteiger partial charge in [-0.2, -0.15) is 13.2 Å². The number of alkyl halides is 3. The summed E-state index contributed by atoms with van der Waals surface area (Å²) in [6.45, 7) is 0.0788. The fourth-order valence-corrected chi connectivity index (χ4v) is 2.20. The maximum Gasteiger partial charge on any atom is 0.416 e. The standard InChI is InChI=1S/C16H12F3NO2/c17-16(18,19)10-3-1-4-12(7-10)22-9-11-8-13-14(20-11)5-2-6-15(13)21/h1-8,20-21H,9H2. The fraction of sp³-hybridized carbons (Fsp3) is 0.125. The number of aromatic hydroxyl groups is 1. The minimum atomic E-state index is -4.40. The van der Waals surface area contributed by atoms with Crippen LogP contribution in [0, 0.1) is 0 Å². The molecule has 3 aromatic rings. The van der Waals surface area contributed by atoms with Crippen LogP contribution in [0.1, 0.15) is 11.3 Å². The second kappa shape index (κ2) is 5.29. The molecule has 0 aliphatic rings. The molecule has 0 fully saturated rings. The van der Waals surface area contributed by atoms with E-state index >= 15 is 0 Å². The molecule has 0 aliphatic heterocycles. The molecule has 0 atom stereocenters. The number of phenolic OH excluding ortho intramolecular Hbond substituents is 1. The lowest BCUT2D eigenvalue weighted by Crippen LogP contribution is -2.05. The Labute approximate surface area is 124 Å². The van der Waals surface area contributed by atoms with Crippen LogP contribution in [-0.2, 0) is 12.8 Å². The monoisotopic (exact) mass is 307 g/mol. The molecule has 0 radical (unpaired) electrons. The molecule has 0 saturated carbocycles. The number of H-pyrrole nitrogens is 1. The Morgan fingerprint density at radius 2 is 1.82 bits per heavy atom. The van der Waals surface area contributed by atoms with E-state index in [1.165, 1.54) is 12.1 Å². The predicted molar refractivity (Wildman–Crippen MR) is 75.7 cm³/mol. The predicted octanol–water partition coefficient (Wildman–Crippen LogP) is 4.47. The zero-order valence-corrected chi connectivity index (χ0v) is 11.3. The number of hydrogen-bond donors (Lipinski definition) is 2. The van der Waals surface area contributed by atoms with Gasteiger partial charge >= 0.3 is 6.18 Å². The highest BCUT2D eigenvalue weighted by molar-refractivity contribution is 5.86. The third-order valence-corrected chi connectivity index (χ3v) is 3.25. The Bertz CT molecular complexity index is 809. The quantitative estimate of drug-likeness (QED) is 0.750. The van der Waals surface area contributed by atoms with Crippen molar-refractivity contribution < 1.29 is 23.0 Å². The first-order chi connectivity index (χ1) is 10.4. The van der Waals surface area contributed by atoms with Crippen LogP contribution in [0.3, 0.4) is 0 Å². The summed E-state index contributed by atoms with van der Waals surface area (Å²) in [5.74, 6) is 0.275. The van der Waals surface area contributed by atoms with Crippen LogP contribution in [-0.4, -0.2) is 10.1 Å². The molecule has 1 aromatic heterocycles. The van der Waals surface area contributed by atoms with E-state index in [-0.39, 0.29) is 18.1 Å². The number of aromatic amines is 1. The first-order valence-electron chi connectivity index (χ1n) is 6.53. The summed E-state index contributed by atoms with van der Waals surface area (Å²) < 4.78 is 43.3. The first kappa shape index (κ1) is 14.3. The number of halogens is 3. The molecule has 114 valence electrons. The van der Waals surface area contributed by atoms with Gasteiger partial charge in [0.2, 0.25) is 0 Å². The van der Waals surface area contributed by atoms with Crippen molar-refractivity contribution in [1.29, 1.82) is 0 Å². The van der Waals surface area contributed by atoms with Gasteiger partial charge in [0.05, 0.1) is 11.3 Å². The molecule has 0 aliphatic carbocycles. The summed E-state index contributed by atoms with van der Waals surface area (Å²) >= 11 is 0. The maximum absolute atomic E-state index is 12.6. The molecule has 3 nitrogen and oxygen atoms in total. The Kier molecular flexibility index (Phi) is 3.44. The van der Waals surface area contributed by atoms with Crippen LogP contribution in [0.15, 0.2) is 48.5 Å². The van der Waals surface area contributed by atoms with Gasteiger partial charge in [-0.1, -0.05) is 12.1 Å². The molecule has 6 heteroatoms. The number of nitrogens with one attached hydrogen (secondary N) is 1. The minimum Gasteiger partial charge on any atom is -0.507 e. The molecule has 2 N–H and O–H groups in total. The number of fused-ring (bicyclic) bond motifs is 1. The average Bonchev–Trinajstić information content (AvgIpc) is 2.89. The van der Waals surface area contributed by atoms with Gasteiger partial charge in [-0.25, -0.2) is 0 Å². The van der Waals surface area contributed by atoms with Gasteiger partial charge in [0.25, 0.3) is 0 Å². The second-order valence-electron chi connectivity index (χ2n) is 4.85. The van der Waals surface area contributed by atoms with Crippen molar-refractivity contribution in [1.82, 2.24) is 4.98 Å². The summed E-state index contributed by atoms with van der Waals surface area (Å²) in [7, 11) is 0.